The zero-order valence-corrected chi connectivity index (χ0v) is 11.4. The van der Waals surface area contributed by atoms with Crippen LogP contribution in [-0.4, -0.2) is 43.5 Å². The minimum Gasteiger partial charge on any atom is -0.491 e. The van der Waals surface area contributed by atoms with E-state index in [1.54, 1.807) is 26.0 Å². The highest BCUT2D eigenvalue weighted by atomic mass is 19.1. The van der Waals surface area contributed by atoms with Gasteiger partial charge in [0.05, 0.1) is 11.3 Å². The lowest BCUT2D eigenvalue weighted by Gasteiger charge is -2.30. The van der Waals surface area contributed by atoms with Gasteiger partial charge in [-0.15, -0.1) is 0 Å². The summed E-state index contributed by atoms with van der Waals surface area (Å²) in [5, 5.41) is 12.9. The average Bonchev–Trinajstić information content (AvgIpc) is 2.38. The van der Waals surface area contributed by atoms with E-state index in [2.05, 4.69) is 5.32 Å². The summed E-state index contributed by atoms with van der Waals surface area (Å²) in [6.07, 6.45) is 0. The van der Waals surface area contributed by atoms with Gasteiger partial charge in [0.15, 0.2) is 0 Å². The van der Waals surface area contributed by atoms with E-state index < -0.39 is 5.60 Å². The number of rotatable bonds is 4. The van der Waals surface area contributed by atoms with E-state index in [1.165, 1.54) is 6.07 Å². The topological polar surface area (TPSA) is 44.7 Å². The van der Waals surface area contributed by atoms with Gasteiger partial charge >= 0.3 is 0 Å². The van der Waals surface area contributed by atoms with E-state index in [0.717, 1.165) is 26.2 Å². The predicted molar refractivity (Wildman–Crippen MR) is 73.3 cm³/mol. The van der Waals surface area contributed by atoms with Gasteiger partial charge in [-0.25, -0.2) is 4.39 Å². The Labute approximate surface area is 113 Å². The normalized spacial score (nSPS) is 16.5. The van der Waals surface area contributed by atoms with Gasteiger partial charge in [0.25, 0.3) is 0 Å². The van der Waals surface area contributed by atoms with Crippen molar-refractivity contribution < 1.29 is 14.2 Å². The molecule has 2 N–H and O–H groups in total. The molecule has 1 aromatic carbocycles. The fourth-order valence-electron chi connectivity index (χ4n) is 1.99. The molecule has 0 atom stereocenters. The van der Waals surface area contributed by atoms with Crippen LogP contribution in [-0.2, 0) is 0 Å². The predicted octanol–water partition coefficient (Wildman–Crippen LogP) is 1.39. The van der Waals surface area contributed by atoms with Crippen LogP contribution in [0.3, 0.4) is 0 Å². The Balaban J connectivity index is 2.10. The molecule has 5 heteroatoms. The summed E-state index contributed by atoms with van der Waals surface area (Å²) in [4.78, 5) is 2.00. The summed E-state index contributed by atoms with van der Waals surface area (Å²) < 4.78 is 19.4. The maximum atomic E-state index is 13.9. The first-order valence-corrected chi connectivity index (χ1v) is 6.56. The number of aliphatic hydroxyl groups is 1. The summed E-state index contributed by atoms with van der Waals surface area (Å²) in [5.41, 5.74) is -0.335. The van der Waals surface area contributed by atoms with Crippen LogP contribution in [0, 0.1) is 5.82 Å². The Bertz CT molecular complexity index is 426. The SMILES string of the molecule is CC(C)(O)COc1ccc(F)c(N2CCNCC2)c1. The van der Waals surface area contributed by atoms with Crippen molar-refractivity contribution in [2.75, 3.05) is 37.7 Å². The first kappa shape index (κ1) is 14.1. The van der Waals surface area contributed by atoms with Gasteiger partial charge in [0.1, 0.15) is 18.2 Å². The number of ether oxygens (including phenoxy) is 1. The minimum absolute atomic E-state index is 0.180. The van der Waals surface area contributed by atoms with Crippen LogP contribution in [0.5, 0.6) is 5.75 Å². The van der Waals surface area contributed by atoms with E-state index in [9.17, 15) is 9.50 Å². The second kappa shape index (κ2) is 5.75. The fourth-order valence-corrected chi connectivity index (χ4v) is 1.99. The number of hydrogen-bond acceptors (Lipinski definition) is 4. The Morgan fingerprint density at radius 1 is 1.37 bits per heavy atom. The van der Waals surface area contributed by atoms with Crippen LogP contribution in [0.25, 0.3) is 0 Å². The van der Waals surface area contributed by atoms with Crippen molar-refractivity contribution in [3.05, 3.63) is 24.0 Å². The van der Waals surface area contributed by atoms with Gasteiger partial charge in [-0.05, 0) is 26.0 Å². The van der Waals surface area contributed by atoms with E-state index in [-0.39, 0.29) is 12.4 Å². The molecule has 1 aromatic rings. The standard InChI is InChI=1S/C14H21FN2O2/c1-14(2,18)10-19-11-3-4-12(15)13(9-11)17-7-5-16-6-8-17/h3-4,9,16,18H,5-8,10H2,1-2H3. The van der Waals surface area contributed by atoms with Crippen LogP contribution >= 0.6 is 0 Å². The molecule has 0 bridgehead atoms. The van der Waals surface area contributed by atoms with Gasteiger partial charge in [-0.3, -0.25) is 0 Å². The van der Waals surface area contributed by atoms with Crippen molar-refractivity contribution in [1.82, 2.24) is 5.32 Å². The molecule has 1 fully saturated rings. The van der Waals surface area contributed by atoms with Crippen LogP contribution < -0.4 is 15.0 Å². The van der Waals surface area contributed by atoms with Gasteiger partial charge in [0.2, 0.25) is 0 Å². The zero-order valence-electron chi connectivity index (χ0n) is 11.4. The molecular weight excluding hydrogens is 247 g/mol. The molecule has 0 spiro atoms. The maximum absolute atomic E-state index is 13.9. The summed E-state index contributed by atoms with van der Waals surface area (Å²) in [5.74, 6) is 0.342. The molecule has 1 heterocycles. The molecular formula is C14H21FN2O2. The monoisotopic (exact) mass is 268 g/mol. The van der Waals surface area contributed by atoms with E-state index in [4.69, 9.17) is 4.74 Å². The maximum Gasteiger partial charge on any atom is 0.146 e. The number of hydrogen-bond donors (Lipinski definition) is 2. The number of benzene rings is 1. The molecule has 0 unspecified atom stereocenters. The average molecular weight is 268 g/mol. The minimum atomic E-state index is -0.899. The second-order valence-corrected chi connectivity index (χ2v) is 5.45. The van der Waals surface area contributed by atoms with E-state index >= 15 is 0 Å². The third kappa shape index (κ3) is 4.08. The molecule has 0 saturated carbocycles. The largest absolute Gasteiger partial charge is 0.491 e. The Morgan fingerprint density at radius 2 is 2.05 bits per heavy atom. The van der Waals surface area contributed by atoms with Crippen molar-refractivity contribution in [2.45, 2.75) is 19.4 Å². The lowest BCUT2D eigenvalue weighted by molar-refractivity contribution is 0.0285. The summed E-state index contributed by atoms with van der Waals surface area (Å²) in [7, 11) is 0. The lowest BCUT2D eigenvalue weighted by Crippen LogP contribution is -2.43. The third-order valence-corrected chi connectivity index (χ3v) is 2.97. The number of piperazine rings is 1. The molecule has 4 nitrogen and oxygen atoms in total. The van der Waals surface area contributed by atoms with E-state index in [1.807, 2.05) is 4.90 Å². The van der Waals surface area contributed by atoms with Crippen molar-refractivity contribution in [1.29, 1.82) is 0 Å². The second-order valence-electron chi connectivity index (χ2n) is 5.45. The molecule has 1 saturated heterocycles. The molecule has 0 amide bonds. The number of nitrogens with one attached hydrogen (secondary N) is 1. The van der Waals surface area contributed by atoms with Crippen LogP contribution in [0.1, 0.15) is 13.8 Å². The molecule has 2 rings (SSSR count). The Kier molecular flexibility index (Phi) is 4.27. The number of halogens is 1. The van der Waals surface area contributed by atoms with Crippen LogP contribution in [0.4, 0.5) is 10.1 Å². The van der Waals surface area contributed by atoms with Gasteiger partial charge in [-0.1, -0.05) is 0 Å². The summed E-state index contributed by atoms with van der Waals surface area (Å²) in [6, 6.07) is 4.70. The third-order valence-electron chi connectivity index (χ3n) is 2.97. The molecule has 1 aliphatic rings. The highest BCUT2D eigenvalue weighted by Gasteiger charge is 2.17. The van der Waals surface area contributed by atoms with Crippen molar-refractivity contribution in [3.63, 3.8) is 0 Å². The molecule has 0 radical (unpaired) electrons. The van der Waals surface area contributed by atoms with Crippen molar-refractivity contribution in [2.24, 2.45) is 0 Å². The molecule has 0 aliphatic carbocycles. The van der Waals surface area contributed by atoms with Crippen LogP contribution in [0.2, 0.25) is 0 Å². The highest BCUT2D eigenvalue weighted by molar-refractivity contribution is 5.52. The zero-order chi connectivity index (χ0) is 13.9. The van der Waals surface area contributed by atoms with Crippen LogP contribution in [0.15, 0.2) is 18.2 Å². The van der Waals surface area contributed by atoms with Gasteiger partial charge < -0.3 is 20.1 Å². The molecule has 0 aromatic heterocycles. The van der Waals surface area contributed by atoms with Gasteiger partial charge in [-0.2, -0.15) is 0 Å². The Hall–Kier alpha value is -1.33. The first-order valence-electron chi connectivity index (χ1n) is 6.56. The summed E-state index contributed by atoms with van der Waals surface area (Å²) >= 11 is 0. The quantitative estimate of drug-likeness (QED) is 0.866. The first-order chi connectivity index (χ1) is 8.96. The molecule has 106 valence electrons. The Morgan fingerprint density at radius 3 is 2.68 bits per heavy atom. The lowest BCUT2D eigenvalue weighted by atomic mass is 10.2. The highest BCUT2D eigenvalue weighted by Crippen LogP contribution is 2.25. The molecule has 19 heavy (non-hydrogen) atoms. The van der Waals surface area contributed by atoms with E-state index in [0.29, 0.717) is 11.4 Å². The van der Waals surface area contributed by atoms with Crippen molar-refractivity contribution >= 4 is 5.69 Å². The number of nitrogens with zero attached hydrogens (tertiary/aromatic N) is 1. The fraction of sp³-hybridized carbons (Fsp3) is 0.571. The van der Waals surface area contributed by atoms with Crippen molar-refractivity contribution in [3.8, 4) is 5.75 Å². The number of anilines is 1. The van der Waals surface area contributed by atoms with Gasteiger partial charge in [0, 0.05) is 32.2 Å². The smallest absolute Gasteiger partial charge is 0.146 e. The molecule has 1 aliphatic heterocycles. The summed E-state index contributed by atoms with van der Waals surface area (Å²) in [6.45, 7) is 6.81.